The monoisotopic (exact) mass is 285 g/mol. The van der Waals surface area contributed by atoms with E-state index in [1.165, 1.54) is 11.1 Å². The fourth-order valence-corrected chi connectivity index (χ4v) is 2.48. The van der Waals surface area contributed by atoms with E-state index in [1.54, 1.807) is 0 Å². The third-order valence-corrected chi connectivity index (χ3v) is 3.69. The molecule has 0 amide bonds. The summed E-state index contributed by atoms with van der Waals surface area (Å²) >= 11 is 6.03. The smallest absolute Gasteiger partial charge is 0.0706 e. The Morgan fingerprint density at radius 3 is 3.00 bits per heavy atom. The van der Waals surface area contributed by atoms with Crippen molar-refractivity contribution in [3.8, 4) is 0 Å². The van der Waals surface area contributed by atoms with Crippen LogP contribution in [-0.4, -0.2) is 9.61 Å². The molecule has 102 valence electrons. The molecule has 3 rings (SSSR count). The van der Waals surface area contributed by atoms with Gasteiger partial charge < -0.3 is 5.32 Å². The Hall–Kier alpha value is -1.84. The van der Waals surface area contributed by atoms with E-state index in [1.807, 2.05) is 47.2 Å². The molecule has 0 aliphatic carbocycles. The average Bonchev–Trinajstić information content (AvgIpc) is 2.88. The highest BCUT2D eigenvalue weighted by molar-refractivity contribution is 6.30. The third-order valence-electron chi connectivity index (χ3n) is 3.45. The summed E-state index contributed by atoms with van der Waals surface area (Å²) in [7, 11) is 0. The molecule has 1 N–H and O–H groups in total. The minimum atomic E-state index is 0.243. The van der Waals surface area contributed by atoms with Gasteiger partial charge >= 0.3 is 0 Å². The zero-order chi connectivity index (χ0) is 13.9. The molecule has 2 aromatic heterocycles. The normalized spacial score (nSPS) is 12.7. The number of hydrogen-bond donors (Lipinski definition) is 1. The summed E-state index contributed by atoms with van der Waals surface area (Å²) in [4.78, 5) is 0. The molecule has 3 nitrogen and oxygen atoms in total. The van der Waals surface area contributed by atoms with Gasteiger partial charge in [0.1, 0.15) is 0 Å². The first kappa shape index (κ1) is 13.2. The van der Waals surface area contributed by atoms with Crippen molar-refractivity contribution in [3.63, 3.8) is 0 Å². The standard InChI is InChI=1S/C16H16ClN3/c1-12(13-5-4-6-15(17)9-13)18-10-14-11-19-20-8-3-2-7-16(14)20/h2-9,11-12,18H,10H2,1H3. The zero-order valence-electron chi connectivity index (χ0n) is 11.3. The van der Waals surface area contributed by atoms with Crippen molar-refractivity contribution in [2.45, 2.75) is 19.5 Å². The molecule has 3 aromatic rings. The summed E-state index contributed by atoms with van der Waals surface area (Å²) in [6, 6.07) is 14.3. The van der Waals surface area contributed by atoms with E-state index in [2.05, 4.69) is 29.5 Å². The Morgan fingerprint density at radius 1 is 1.25 bits per heavy atom. The lowest BCUT2D eigenvalue weighted by atomic mass is 10.1. The van der Waals surface area contributed by atoms with Gasteiger partial charge in [-0.3, -0.25) is 0 Å². The van der Waals surface area contributed by atoms with Crippen molar-refractivity contribution in [3.05, 3.63) is 71.0 Å². The topological polar surface area (TPSA) is 29.3 Å². The summed E-state index contributed by atoms with van der Waals surface area (Å²) < 4.78 is 1.89. The van der Waals surface area contributed by atoms with Gasteiger partial charge in [0.25, 0.3) is 0 Å². The Kier molecular flexibility index (Phi) is 3.72. The minimum Gasteiger partial charge on any atom is -0.306 e. The summed E-state index contributed by atoms with van der Waals surface area (Å²) in [5, 5.41) is 8.62. The number of hydrogen-bond acceptors (Lipinski definition) is 2. The SMILES string of the molecule is CC(NCc1cnn2ccccc12)c1cccc(Cl)c1. The van der Waals surface area contributed by atoms with Gasteiger partial charge in [0.2, 0.25) is 0 Å². The largest absolute Gasteiger partial charge is 0.306 e. The maximum atomic E-state index is 6.03. The number of nitrogens with one attached hydrogen (secondary N) is 1. The minimum absolute atomic E-state index is 0.243. The first-order valence-electron chi connectivity index (χ1n) is 6.64. The van der Waals surface area contributed by atoms with Crippen molar-refractivity contribution in [1.82, 2.24) is 14.9 Å². The van der Waals surface area contributed by atoms with Crippen LogP contribution in [0.15, 0.2) is 54.9 Å². The van der Waals surface area contributed by atoms with Gasteiger partial charge in [-0.1, -0.05) is 29.8 Å². The molecule has 2 heterocycles. The molecule has 0 radical (unpaired) electrons. The van der Waals surface area contributed by atoms with Crippen LogP contribution in [0.3, 0.4) is 0 Å². The first-order valence-corrected chi connectivity index (χ1v) is 7.02. The molecule has 1 atom stereocenters. The number of benzene rings is 1. The number of pyridine rings is 1. The second-order valence-electron chi connectivity index (χ2n) is 4.86. The van der Waals surface area contributed by atoms with Crippen molar-refractivity contribution >= 4 is 17.1 Å². The highest BCUT2D eigenvalue weighted by atomic mass is 35.5. The van der Waals surface area contributed by atoms with E-state index in [-0.39, 0.29) is 6.04 Å². The lowest BCUT2D eigenvalue weighted by Gasteiger charge is -2.14. The number of rotatable bonds is 4. The second-order valence-corrected chi connectivity index (χ2v) is 5.29. The van der Waals surface area contributed by atoms with Crippen LogP contribution in [0.5, 0.6) is 0 Å². The number of halogens is 1. The number of aromatic nitrogens is 2. The Bertz CT molecular complexity index is 720. The van der Waals surface area contributed by atoms with Crippen LogP contribution in [0.1, 0.15) is 24.1 Å². The summed E-state index contributed by atoms with van der Waals surface area (Å²) in [6.07, 6.45) is 3.87. The van der Waals surface area contributed by atoms with E-state index in [4.69, 9.17) is 11.6 Å². The Labute approximate surface area is 123 Å². The van der Waals surface area contributed by atoms with Gasteiger partial charge in [-0.15, -0.1) is 0 Å². The molecule has 0 aliphatic rings. The maximum absolute atomic E-state index is 6.03. The van der Waals surface area contributed by atoms with E-state index >= 15 is 0 Å². The molecule has 20 heavy (non-hydrogen) atoms. The van der Waals surface area contributed by atoms with Crippen LogP contribution < -0.4 is 5.32 Å². The Balaban J connectivity index is 1.73. The van der Waals surface area contributed by atoms with Crippen LogP contribution in [0.25, 0.3) is 5.52 Å². The molecule has 1 aromatic carbocycles. The third kappa shape index (κ3) is 2.69. The molecule has 0 saturated carbocycles. The van der Waals surface area contributed by atoms with E-state index < -0.39 is 0 Å². The van der Waals surface area contributed by atoms with Crippen LogP contribution in [0.4, 0.5) is 0 Å². The number of fused-ring (bicyclic) bond motifs is 1. The highest BCUT2D eigenvalue weighted by Crippen LogP contribution is 2.18. The molecule has 0 aliphatic heterocycles. The van der Waals surface area contributed by atoms with E-state index in [0.717, 1.165) is 17.1 Å². The highest BCUT2D eigenvalue weighted by Gasteiger charge is 2.08. The second kappa shape index (κ2) is 5.65. The Morgan fingerprint density at radius 2 is 2.15 bits per heavy atom. The molecule has 1 unspecified atom stereocenters. The van der Waals surface area contributed by atoms with E-state index in [0.29, 0.717) is 0 Å². The van der Waals surface area contributed by atoms with Gasteiger partial charge in [-0.05, 0) is 36.8 Å². The summed E-state index contributed by atoms with van der Waals surface area (Å²) in [6.45, 7) is 2.92. The molecule has 0 bridgehead atoms. The lowest BCUT2D eigenvalue weighted by Crippen LogP contribution is -2.17. The fourth-order valence-electron chi connectivity index (χ4n) is 2.28. The van der Waals surface area contributed by atoms with Gasteiger partial charge in [0.05, 0.1) is 11.7 Å². The van der Waals surface area contributed by atoms with Crippen LogP contribution in [0.2, 0.25) is 5.02 Å². The first-order chi connectivity index (χ1) is 9.74. The van der Waals surface area contributed by atoms with Crippen molar-refractivity contribution in [2.75, 3.05) is 0 Å². The van der Waals surface area contributed by atoms with Gasteiger partial charge in [-0.2, -0.15) is 5.10 Å². The van der Waals surface area contributed by atoms with Crippen LogP contribution in [-0.2, 0) is 6.54 Å². The predicted octanol–water partition coefficient (Wildman–Crippen LogP) is 3.84. The average molecular weight is 286 g/mol. The number of nitrogens with zero attached hydrogens (tertiary/aromatic N) is 2. The lowest BCUT2D eigenvalue weighted by molar-refractivity contribution is 0.576. The fraction of sp³-hybridized carbons (Fsp3) is 0.188. The molecular formula is C16H16ClN3. The maximum Gasteiger partial charge on any atom is 0.0706 e. The summed E-state index contributed by atoms with van der Waals surface area (Å²) in [5.41, 5.74) is 3.52. The zero-order valence-corrected chi connectivity index (χ0v) is 12.0. The van der Waals surface area contributed by atoms with Crippen molar-refractivity contribution in [1.29, 1.82) is 0 Å². The predicted molar refractivity (Wildman–Crippen MR) is 81.9 cm³/mol. The van der Waals surface area contributed by atoms with Gasteiger partial charge in [0.15, 0.2) is 0 Å². The molecule has 0 spiro atoms. The van der Waals surface area contributed by atoms with Crippen molar-refractivity contribution < 1.29 is 0 Å². The van der Waals surface area contributed by atoms with Crippen LogP contribution >= 0.6 is 11.6 Å². The molecule has 0 saturated heterocycles. The van der Waals surface area contributed by atoms with Gasteiger partial charge in [-0.25, -0.2) is 4.52 Å². The molecule has 4 heteroatoms. The van der Waals surface area contributed by atoms with E-state index in [9.17, 15) is 0 Å². The quantitative estimate of drug-likeness (QED) is 0.789. The molecule has 0 fully saturated rings. The molecular weight excluding hydrogens is 270 g/mol. The van der Waals surface area contributed by atoms with Gasteiger partial charge in [0, 0.05) is 29.4 Å². The summed E-state index contributed by atoms with van der Waals surface area (Å²) in [5.74, 6) is 0. The van der Waals surface area contributed by atoms with Crippen molar-refractivity contribution in [2.24, 2.45) is 0 Å². The van der Waals surface area contributed by atoms with Crippen LogP contribution in [0, 0.1) is 0 Å².